The van der Waals surface area contributed by atoms with E-state index in [0.717, 1.165) is 30.9 Å². The van der Waals surface area contributed by atoms with Gasteiger partial charge in [-0.1, -0.05) is 12.5 Å². The maximum Gasteiger partial charge on any atom is 0.251 e. The number of carbonyl (C=O) groups is 1. The first kappa shape index (κ1) is 16.8. The molecule has 1 amide bonds. The van der Waals surface area contributed by atoms with Gasteiger partial charge in [-0.25, -0.2) is 0 Å². The van der Waals surface area contributed by atoms with Crippen LogP contribution in [0.5, 0.6) is 0 Å². The number of benzene rings is 1. The maximum absolute atomic E-state index is 12.4. The minimum absolute atomic E-state index is 0.0110. The van der Waals surface area contributed by atoms with Crippen LogP contribution in [-0.4, -0.2) is 42.5 Å². The number of amides is 1. The smallest absolute Gasteiger partial charge is 0.251 e. The van der Waals surface area contributed by atoms with E-state index < -0.39 is 0 Å². The number of nitrogens with one attached hydrogen (secondary N) is 2. The number of anilines is 1. The first-order valence-corrected chi connectivity index (χ1v) is 8.44. The second kappa shape index (κ2) is 8.18. The van der Waals surface area contributed by atoms with E-state index in [-0.39, 0.29) is 11.9 Å². The molecule has 1 fully saturated rings. The minimum Gasteiger partial charge on any atom is -0.383 e. The third-order valence-electron chi connectivity index (χ3n) is 3.94. The van der Waals surface area contributed by atoms with E-state index in [1.165, 1.54) is 19.3 Å². The number of hydrogen-bond donors (Lipinski definition) is 2. The van der Waals surface area contributed by atoms with Gasteiger partial charge in [0, 0.05) is 29.9 Å². The van der Waals surface area contributed by atoms with Crippen LogP contribution < -0.4 is 10.6 Å². The van der Waals surface area contributed by atoms with Crippen LogP contribution in [0.15, 0.2) is 24.3 Å². The third-order valence-corrected chi connectivity index (χ3v) is 3.94. The molecule has 0 radical (unpaired) electrons. The maximum atomic E-state index is 12.4. The number of carbonyl (C=O) groups excluding carboxylic acids is 1. The predicted octanol–water partition coefficient (Wildman–Crippen LogP) is 3.11. The molecule has 1 atom stereocenters. The number of piperidine rings is 1. The molecule has 4 nitrogen and oxygen atoms in total. The van der Waals surface area contributed by atoms with Crippen molar-refractivity contribution in [3.8, 4) is 0 Å². The van der Waals surface area contributed by atoms with Crippen molar-refractivity contribution in [3.63, 3.8) is 0 Å². The molecule has 1 saturated heterocycles. The molecule has 0 saturated carbocycles. The van der Waals surface area contributed by atoms with Crippen molar-refractivity contribution in [1.29, 1.82) is 0 Å². The Hall–Kier alpha value is -1.55. The lowest BCUT2D eigenvalue weighted by Crippen LogP contribution is -2.43. The topological polar surface area (TPSA) is 44.4 Å². The van der Waals surface area contributed by atoms with Gasteiger partial charge >= 0.3 is 0 Å². The normalized spacial score (nSPS) is 17.3. The van der Waals surface area contributed by atoms with Gasteiger partial charge in [-0.05, 0) is 64.9 Å². The molecule has 1 aromatic carbocycles. The molecular weight excluding hydrogens is 274 g/mol. The Labute approximate surface area is 134 Å². The zero-order valence-electron chi connectivity index (χ0n) is 14.1. The number of hydrogen-bond acceptors (Lipinski definition) is 3. The first-order chi connectivity index (χ1) is 10.5. The van der Waals surface area contributed by atoms with Gasteiger partial charge in [0.2, 0.25) is 0 Å². The summed E-state index contributed by atoms with van der Waals surface area (Å²) in [6.07, 6.45) is 3.90. The lowest BCUT2D eigenvalue weighted by Gasteiger charge is -2.29. The summed E-state index contributed by atoms with van der Waals surface area (Å²) in [6.45, 7) is 9.53. The molecule has 1 heterocycles. The largest absolute Gasteiger partial charge is 0.383 e. The van der Waals surface area contributed by atoms with E-state index in [2.05, 4.69) is 36.3 Å². The van der Waals surface area contributed by atoms with Crippen LogP contribution >= 0.6 is 0 Å². The summed E-state index contributed by atoms with van der Waals surface area (Å²) in [7, 11) is 0. The van der Waals surface area contributed by atoms with Gasteiger partial charge in [0.15, 0.2) is 0 Å². The Morgan fingerprint density at radius 2 is 1.91 bits per heavy atom. The van der Waals surface area contributed by atoms with Crippen LogP contribution in [0.4, 0.5) is 5.69 Å². The number of nitrogens with zero attached hydrogens (tertiary/aromatic N) is 1. The quantitative estimate of drug-likeness (QED) is 0.848. The van der Waals surface area contributed by atoms with Crippen LogP contribution in [-0.2, 0) is 0 Å². The van der Waals surface area contributed by atoms with Gasteiger partial charge in [-0.15, -0.1) is 0 Å². The van der Waals surface area contributed by atoms with Gasteiger partial charge in [-0.3, -0.25) is 4.79 Å². The second-order valence-corrected chi connectivity index (χ2v) is 6.62. The molecule has 0 aliphatic carbocycles. The van der Waals surface area contributed by atoms with Crippen molar-refractivity contribution in [2.24, 2.45) is 0 Å². The zero-order chi connectivity index (χ0) is 15.9. The Balaban J connectivity index is 1.87. The summed E-state index contributed by atoms with van der Waals surface area (Å²) in [5, 5.41) is 6.45. The average molecular weight is 303 g/mol. The van der Waals surface area contributed by atoms with E-state index >= 15 is 0 Å². The molecule has 1 aliphatic rings. The molecule has 0 aromatic heterocycles. The van der Waals surface area contributed by atoms with Crippen molar-refractivity contribution in [2.45, 2.75) is 52.1 Å². The van der Waals surface area contributed by atoms with Crippen molar-refractivity contribution in [3.05, 3.63) is 29.8 Å². The molecule has 1 aliphatic heterocycles. The molecule has 0 bridgehead atoms. The van der Waals surface area contributed by atoms with Crippen molar-refractivity contribution in [1.82, 2.24) is 10.2 Å². The second-order valence-electron chi connectivity index (χ2n) is 6.62. The van der Waals surface area contributed by atoms with E-state index in [1.54, 1.807) is 0 Å². The molecule has 0 spiro atoms. The summed E-state index contributed by atoms with van der Waals surface area (Å²) >= 11 is 0. The monoisotopic (exact) mass is 303 g/mol. The summed E-state index contributed by atoms with van der Waals surface area (Å²) in [6, 6.07) is 8.24. The lowest BCUT2D eigenvalue weighted by atomic mass is 10.1. The van der Waals surface area contributed by atoms with Gasteiger partial charge in [0.05, 0.1) is 0 Å². The molecule has 2 rings (SSSR count). The van der Waals surface area contributed by atoms with Crippen molar-refractivity contribution >= 4 is 11.6 Å². The highest BCUT2D eigenvalue weighted by Crippen LogP contribution is 2.13. The molecule has 22 heavy (non-hydrogen) atoms. The first-order valence-electron chi connectivity index (χ1n) is 8.44. The van der Waals surface area contributed by atoms with Crippen LogP contribution in [0.3, 0.4) is 0 Å². The Bertz CT molecular complexity index is 481. The average Bonchev–Trinajstić information content (AvgIpc) is 2.47. The molecular formula is C18H29N3O. The Kier molecular flexibility index (Phi) is 6.25. The SMILES string of the molecule is CC(C)Nc1cccc(C(=O)NC(C)CN2CCCCC2)c1. The predicted molar refractivity (Wildman–Crippen MR) is 92.4 cm³/mol. The highest BCUT2D eigenvalue weighted by molar-refractivity contribution is 5.95. The summed E-state index contributed by atoms with van der Waals surface area (Å²) < 4.78 is 0. The van der Waals surface area contributed by atoms with Crippen molar-refractivity contribution in [2.75, 3.05) is 25.0 Å². The Morgan fingerprint density at radius 3 is 2.59 bits per heavy atom. The fourth-order valence-electron chi connectivity index (χ4n) is 2.97. The number of rotatable bonds is 6. The van der Waals surface area contributed by atoms with Crippen molar-refractivity contribution < 1.29 is 4.79 Å². The van der Waals surface area contributed by atoms with E-state index in [9.17, 15) is 4.79 Å². The summed E-state index contributed by atoms with van der Waals surface area (Å²) in [5.41, 5.74) is 1.71. The molecule has 1 aromatic rings. The molecule has 2 N–H and O–H groups in total. The fraction of sp³-hybridized carbons (Fsp3) is 0.611. The summed E-state index contributed by atoms with van der Waals surface area (Å²) in [5.74, 6) is 0.0110. The van der Waals surface area contributed by atoms with Crippen LogP contribution in [0, 0.1) is 0 Å². The van der Waals surface area contributed by atoms with Gasteiger partial charge in [-0.2, -0.15) is 0 Å². The van der Waals surface area contributed by atoms with E-state index in [0.29, 0.717) is 6.04 Å². The summed E-state index contributed by atoms with van der Waals surface area (Å²) in [4.78, 5) is 14.8. The Morgan fingerprint density at radius 1 is 1.18 bits per heavy atom. The van der Waals surface area contributed by atoms with Gasteiger partial charge in [0.1, 0.15) is 0 Å². The minimum atomic E-state index is 0.0110. The standard InChI is InChI=1S/C18H29N3O/c1-14(2)19-17-9-7-8-16(12-17)18(22)20-15(3)13-21-10-5-4-6-11-21/h7-9,12,14-15,19H,4-6,10-11,13H2,1-3H3,(H,20,22). The molecule has 1 unspecified atom stereocenters. The molecule has 4 heteroatoms. The highest BCUT2D eigenvalue weighted by atomic mass is 16.1. The third kappa shape index (κ3) is 5.34. The van der Waals surface area contributed by atoms with Gasteiger partial charge in [0.25, 0.3) is 5.91 Å². The van der Waals surface area contributed by atoms with E-state index in [1.807, 2.05) is 24.3 Å². The van der Waals surface area contributed by atoms with Crippen LogP contribution in [0.25, 0.3) is 0 Å². The zero-order valence-corrected chi connectivity index (χ0v) is 14.1. The van der Waals surface area contributed by atoms with Gasteiger partial charge < -0.3 is 15.5 Å². The van der Waals surface area contributed by atoms with Crippen LogP contribution in [0.1, 0.15) is 50.4 Å². The van der Waals surface area contributed by atoms with E-state index in [4.69, 9.17) is 0 Å². The number of likely N-dealkylation sites (tertiary alicyclic amines) is 1. The van der Waals surface area contributed by atoms with Crippen LogP contribution in [0.2, 0.25) is 0 Å². The fourth-order valence-corrected chi connectivity index (χ4v) is 2.97. The molecule has 122 valence electrons. The highest BCUT2D eigenvalue weighted by Gasteiger charge is 2.15. The lowest BCUT2D eigenvalue weighted by molar-refractivity contribution is 0.0925.